The molecule has 8 atom stereocenters. The highest BCUT2D eigenvalue weighted by Gasteiger charge is 2.59. The standard InChI is InChI=1S/C40H70O3/c1-7-8-9-10-11-12-13-14-15-16-28-42-38(41)43-33-24-26-39(5)32(29-33)20-21-34-36-23-22-35(31(4)19-17-18-30(2)3)40(36,6)27-25-37(34)39/h20,30-31,33-37H,7-19,21-29H2,1-6H3/t31-,33+,34-,35+,36-,37-,39+,40+/m1/s1. The van der Waals surface area contributed by atoms with Crippen LogP contribution in [0.4, 0.5) is 4.79 Å². The topological polar surface area (TPSA) is 35.5 Å². The second kappa shape index (κ2) is 16.5. The van der Waals surface area contributed by atoms with E-state index in [0.29, 0.717) is 17.4 Å². The molecule has 4 rings (SSSR count). The van der Waals surface area contributed by atoms with Gasteiger partial charge in [-0.1, -0.05) is 130 Å². The maximum absolute atomic E-state index is 12.5. The molecule has 0 aromatic rings. The van der Waals surface area contributed by atoms with E-state index in [-0.39, 0.29) is 6.10 Å². The largest absolute Gasteiger partial charge is 0.508 e. The molecule has 3 heteroatoms. The molecule has 0 amide bonds. The van der Waals surface area contributed by atoms with Crippen LogP contribution in [0, 0.1) is 46.3 Å². The molecule has 0 aromatic carbocycles. The first kappa shape index (κ1) is 34.9. The number of carbonyl (C=O) groups excluding carboxylic acids is 1. The molecule has 3 nitrogen and oxygen atoms in total. The van der Waals surface area contributed by atoms with E-state index in [0.717, 1.165) is 67.6 Å². The van der Waals surface area contributed by atoms with E-state index in [1.54, 1.807) is 5.57 Å². The van der Waals surface area contributed by atoms with Gasteiger partial charge in [0.05, 0.1) is 6.61 Å². The monoisotopic (exact) mass is 599 g/mol. The predicted molar refractivity (Wildman–Crippen MR) is 181 cm³/mol. The Kier molecular flexibility index (Phi) is 13.4. The molecule has 0 aliphatic heterocycles. The lowest BCUT2D eigenvalue weighted by Crippen LogP contribution is -2.51. The fraction of sp³-hybridized carbons (Fsp3) is 0.925. The minimum Gasteiger partial charge on any atom is -0.434 e. The summed E-state index contributed by atoms with van der Waals surface area (Å²) in [4.78, 5) is 12.5. The fourth-order valence-corrected chi connectivity index (χ4v) is 10.7. The molecule has 0 N–H and O–H groups in total. The first-order valence-corrected chi connectivity index (χ1v) is 19.2. The summed E-state index contributed by atoms with van der Waals surface area (Å²) >= 11 is 0. The number of carbonyl (C=O) groups is 1. The number of fused-ring (bicyclic) bond motifs is 5. The van der Waals surface area contributed by atoms with E-state index in [9.17, 15) is 4.79 Å². The molecule has 0 spiro atoms. The minimum atomic E-state index is -0.438. The highest BCUT2D eigenvalue weighted by atomic mass is 16.7. The number of hydrogen-bond acceptors (Lipinski definition) is 3. The van der Waals surface area contributed by atoms with Gasteiger partial charge in [-0.25, -0.2) is 4.79 Å². The van der Waals surface area contributed by atoms with Crippen molar-refractivity contribution in [1.82, 2.24) is 0 Å². The Morgan fingerprint density at radius 2 is 1.53 bits per heavy atom. The van der Waals surface area contributed by atoms with E-state index in [1.165, 1.54) is 103 Å². The lowest BCUT2D eigenvalue weighted by Gasteiger charge is -2.58. The van der Waals surface area contributed by atoms with E-state index in [4.69, 9.17) is 9.47 Å². The number of rotatable bonds is 17. The third kappa shape index (κ3) is 8.84. The van der Waals surface area contributed by atoms with Crippen LogP contribution in [0.3, 0.4) is 0 Å². The molecule has 4 aliphatic rings. The van der Waals surface area contributed by atoms with Crippen LogP contribution in [0.5, 0.6) is 0 Å². The van der Waals surface area contributed by atoms with Crippen molar-refractivity contribution >= 4 is 6.16 Å². The van der Waals surface area contributed by atoms with Gasteiger partial charge in [-0.15, -0.1) is 0 Å². The van der Waals surface area contributed by atoms with Gasteiger partial charge in [-0.3, -0.25) is 0 Å². The summed E-state index contributed by atoms with van der Waals surface area (Å²) in [5.74, 6) is 5.17. The number of hydrogen-bond donors (Lipinski definition) is 0. The van der Waals surface area contributed by atoms with Crippen LogP contribution in [0.25, 0.3) is 0 Å². The second-order valence-electron chi connectivity index (χ2n) is 16.6. The van der Waals surface area contributed by atoms with Crippen molar-refractivity contribution in [1.29, 1.82) is 0 Å². The lowest BCUT2D eigenvalue weighted by molar-refractivity contribution is -0.0617. The smallest absolute Gasteiger partial charge is 0.434 e. The average Bonchev–Trinajstić information content (AvgIpc) is 3.33. The first-order chi connectivity index (χ1) is 20.7. The van der Waals surface area contributed by atoms with Gasteiger partial charge in [0, 0.05) is 6.42 Å². The SMILES string of the molecule is CCCCCCCCCCCCOC(=O)O[C@H]1CC[C@@]2(C)C(=CC[C@@H]3[C@H]4CC[C@@H]([C@H](C)CCCC(C)C)[C@]4(C)CC[C@H]32)C1. The summed E-state index contributed by atoms with van der Waals surface area (Å²) in [6, 6.07) is 0. The van der Waals surface area contributed by atoms with Crippen molar-refractivity contribution in [2.45, 2.75) is 182 Å². The summed E-state index contributed by atoms with van der Waals surface area (Å²) in [6.07, 6.45) is 29.3. The van der Waals surface area contributed by atoms with Gasteiger partial charge < -0.3 is 9.47 Å². The van der Waals surface area contributed by atoms with Crippen LogP contribution in [-0.2, 0) is 9.47 Å². The van der Waals surface area contributed by atoms with Gasteiger partial charge in [0.25, 0.3) is 0 Å². The molecule has 0 radical (unpaired) electrons. The molecule has 248 valence electrons. The van der Waals surface area contributed by atoms with E-state index < -0.39 is 6.16 Å². The van der Waals surface area contributed by atoms with Crippen molar-refractivity contribution in [3.8, 4) is 0 Å². The number of unbranched alkanes of at least 4 members (excludes halogenated alkanes) is 9. The lowest BCUT2D eigenvalue weighted by atomic mass is 9.47. The maximum atomic E-state index is 12.5. The molecule has 0 heterocycles. The highest BCUT2D eigenvalue weighted by Crippen LogP contribution is 2.67. The summed E-state index contributed by atoms with van der Waals surface area (Å²) < 4.78 is 11.4. The Morgan fingerprint density at radius 1 is 0.837 bits per heavy atom. The van der Waals surface area contributed by atoms with Crippen molar-refractivity contribution in [3.05, 3.63) is 11.6 Å². The quantitative estimate of drug-likeness (QED) is 0.0949. The van der Waals surface area contributed by atoms with Crippen LogP contribution in [0.2, 0.25) is 0 Å². The number of ether oxygens (including phenoxy) is 2. The Hall–Kier alpha value is -0.990. The second-order valence-corrected chi connectivity index (χ2v) is 16.6. The van der Waals surface area contributed by atoms with Gasteiger partial charge >= 0.3 is 6.16 Å². The van der Waals surface area contributed by atoms with Gasteiger partial charge in [-0.2, -0.15) is 0 Å². The minimum absolute atomic E-state index is 0.00695. The Morgan fingerprint density at radius 3 is 2.23 bits per heavy atom. The fourth-order valence-electron chi connectivity index (χ4n) is 10.7. The van der Waals surface area contributed by atoms with Crippen molar-refractivity contribution in [2.75, 3.05) is 6.61 Å². The third-order valence-corrected chi connectivity index (χ3v) is 13.2. The van der Waals surface area contributed by atoms with Gasteiger partial charge in [0.1, 0.15) is 6.10 Å². The number of allylic oxidation sites excluding steroid dienone is 1. The molecule has 0 saturated heterocycles. The normalized spacial score (nSPS) is 34.2. The molecular formula is C40H70O3. The van der Waals surface area contributed by atoms with Crippen molar-refractivity contribution < 1.29 is 14.3 Å². The molecule has 43 heavy (non-hydrogen) atoms. The summed E-state index contributed by atoms with van der Waals surface area (Å²) in [5.41, 5.74) is 2.43. The zero-order chi connectivity index (χ0) is 30.9. The van der Waals surface area contributed by atoms with Crippen molar-refractivity contribution in [3.63, 3.8) is 0 Å². The van der Waals surface area contributed by atoms with Crippen LogP contribution in [-0.4, -0.2) is 18.9 Å². The molecule has 0 bridgehead atoms. The Balaban J connectivity index is 1.19. The van der Waals surface area contributed by atoms with Crippen LogP contribution < -0.4 is 0 Å². The predicted octanol–water partition coefficient (Wildman–Crippen LogP) is 12.5. The first-order valence-electron chi connectivity index (χ1n) is 19.2. The zero-order valence-corrected chi connectivity index (χ0v) is 29.4. The molecule has 0 unspecified atom stereocenters. The van der Waals surface area contributed by atoms with Crippen LogP contribution >= 0.6 is 0 Å². The van der Waals surface area contributed by atoms with E-state index in [2.05, 4.69) is 47.6 Å². The van der Waals surface area contributed by atoms with Crippen LogP contribution in [0.15, 0.2) is 11.6 Å². The Labute approximate surface area is 267 Å². The molecule has 3 saturated carbocycles. The molecule has 4 aliphatic carbocycles. The van der Waals surface area contributed by atoms with Gasteiger partial charge in [-0.05, 0) is 97.7 Å². The summed E-state index contributed by atoms with van der Waals surface area (Å²) in [5, 5.41) is 0. The zero-order valence-electron chi connectivity index (χ0n) is 29.4. The third-order valence-electron chi connectivity index (χ3n) is 13.2. The molecule has 3 fully saturated rings. The molecular weight excluding hydrogens is 528 g/mol. The average molecular weight is 599 g/mol. The Bertz CT molecular complexity index is 877. The van der Waals surface area contributed by atoms with Gasteiger partial charge in [0.15, 0.2) is 0 Å². The van der Waals surface area contributed by atoms with Gasteiger partial charge in [0.2, 0.25) is 0 Å². The highest BCUT2D eigenvalue weighted by molar-refractivity contribution is 5.60. The summed E-state index contributed by atoms with van der Waals surface area (Å²) in [7, 11) is 0. The summed E-state index contributed by atoms with van der Waals surface area (Å²) in [6.45, 7) is 15.4. The molecule has 0 aromatic heterocycles. The van der Waals surface area contributed by atoms with Crippen LogP contribution in [0.1, 0.15) is 176 Å². The van der Waals surface area contributed by atoms with E-state index >= 15 is 0 Å². The van der Waals surface area contributed by atoms with Crippen molar-refractivity contribution in [2.24, 2.45) is 46.3 Å². The maximum Gasteiger partial charge on any atom is 0.508 e. The van der Waals surface area contributed by atoms with E-state index in [1.807, 2.05) is 0 Å².